The number of alkyl halides is 2. The quantitative estimate of drug-likeness (QED) is 0.876. The Morgan fingerprint density at radius 2 is 2.00 bits per heavy atom. The highest BCUT2D eigenvalue weighted by Gasteiger charge is 2.35. The monoisotopic (exact) mass is 267 g/mol. The van der Waals surface area contributed by atoms with Gasteiger partial charge < -0.3 is 5.73 Å². The van der Waals surface area contributed by atoms with Crippen molar-refractivity contribution in [3.8, 4) is 0 Å². The van der Waals surface area contributed by atoms with Crippen LogP contribution in [0.2, 0.25) is 0 Å². The van der Waals surface area contributed by atoms with Crippen LogP contribution < -0.4 is 5.73 Å². The minimum atomic E-state index is -2.81. The Labute approximate surface area is 88.2 Å². The molecule has 0 heterocycles. The standard InChI is InChI=1S/C9H9BrF3N/c1-9(14,8(12)13)5-3-2-4-6(10)7(5)11/h2-4,8H,14H2,1H3. The lowest BCUT2D eigenvalue weighted by molar-refractivity contribution is 0.0604. The van der Waals surface area contributed by atoms with Crippen molar-refractivity contribution in [1.29, 1.82) is 0 Å². The first kappa shape index (κ1) is 11.5. The smallest absolute Gasteiger partial charge is 0.260 e. The Hall–Kier alpha value is -0.550. The molecule has 0 bridgehead atoms. The van der Waals surface area contributed by atoms with Crippen LogP contribution in [-0.2, 0) is 5.54 Å². The predicted octanol–water partition coefficient (Wildman–Crippen LogP) is 3.03. The second-order valence-electron chi connectivity index (χ2n) is 3.18. The molecule has 0 fully saturated rings. The van der Waals surface area contributed by atoms with Gasteiger partial charge in [0, 0.05) is 5.56 Å². The summed E-state index contributed by atoms with van der Waals surface area (Å²) in [4.78, 5) is 0. The van der Waals surface area contributed by atoms with Gasteiger partial charge in [-0.1, -0.05) is 12.1 Å². The number of benzene rings is 1. The van der Waals surface area contributed by atoms with E-state index in [2.05, 4.69) is 15.9 Å². The molecule has 1 unspecified atom stereocenters. The maximum Gasteiger partial charge on any atom is 0.260 e. The SMILES string of the molecule is CC(N)(c1cccc(Br)c1F)C(F)F. The molecule has 1 atom stereocenters. The zero-order valence-electron chi connectivity index (χ0n) is 7.40. The maximum atomic E-state index is 13.4. The van der Waals surface area contributed by atoms with Crippen LogP contribution in [0.3, 0.4) is 0 Å². The number of hydrogen-bond donors (Lipinski definition) is 1. The maximum absolute atomic E-state index is 13.4. The molecule has 78 valence electrons. The molecule has 14 heavy (non-hydrogen) atoms. The number of nitrogens with two attached hydrogens (primary N) is 1. The molecule has 0 saturated heterocycles. The summed E-state index contributed by atoms with van der Waals surface area (Å²) in [6.07, 6.45) is -2.81. The van der Waals surface area contributed by atoms with Crippen LogP contribution in [0, 0.1) is 5.82 Å². The Morgan fingerprint density at radius 3 is 2.50 bits per heavy atom. The second kappa shape index (κ2) is 3.90. The minimum absolute atomic E-state index is 0.132. The highest BCUT2D eigenvalue weighted by Crippen LogP contribution is 2.30. The van der Waals surface area contributed by atoms with Crippen molar-refractivity contribution in [3.05, 3.63) is 34.1 Å². The van der Waals surface area contributed by atoms with Gasteiger partial charge in [0.2, 0.25) is 0 Å². The Bertz CT molecular complexity index is 339. The average Bonchev–Trinajstić information content (AvgIpc) is 2.09. The van der Waals surface area contributed by atoms with E-state index in [1.165, 1.54) is 18.2 Å². The molecular weight excluding hydrogens is 259 g/mol. The number of halogens is 4. The summed E-state index contributed by atoms with van der Waals surface area (Å²) < 4.78 is 38.5. The molecule has 0 radical (unpaired) electrons. The summed E-state index contributed by atoms with van der Waals surface area (Å²) in [6.45, 7) is 1.10. The largest absolute Gasteiger partial charge is 0.317 e. The molecule has 1 rings (SSSR count). The fourth-order valence-corrected chi connectivity index (χ4v) is 1.40. The molecule has 0 amide bonds. The molecule has 0 aliphatic carbocycles. The van der Waals surface area contributed by atoms with Crippen LogP contribution in [0.1, 0.15) is 12.5 Å². The lowest BCUT2D eigenvalue weighted by Gasteiger charge is -2.24. The van der Waals surface area contributed by atoms with Gasteiger partial charge >= 0.3 is 0 Å². The van der Waals surface area contributed by atoms with Crippen molar-refractivity contribution < 1.29 is 13.2 Å². The molecule has 2 N–H and O–H groups in total. The highest BCUT2D eigenvalue weighted by atomic mass is 79.9. The summed E-state index contributed by atoms with van der Waals surface area (Å²) in [5.41, 5.74) is 3.18. The van der Waals surface area contributed by atoms with Gasteiger partial charge in [-0.3, -0.25) is 0 Å². The van der Waals surface area contributed by atoms with Crippen molar-refractivity contribution in [1.82, 2.24) is 0 Å². The van der Waals surface area contributed by atoms with E-state index in [0.717, 1.165) is 6.92 Å². The first-order chi connectivity index (χ1) is 6.37. The van der Waals surface area contributed by atoms with Gasteiger partial charge in [0.25, 0.3) is 6.43 Å². The number of rotatable bonds is 2. The van der Waals surface area contributed by atoms with Gasteiger partial charge in [0.1, 0.15) is 11.4 Å². The van der Waals surface area contributed by atoms with Gasteiger partial charge in [-0.15, -0.1) is 0 Å². The first-order valence-corrected chi connectivity index (χ1v) is 4.68. The van der Waals surface area contributed by atoms with Gasteiger partial charge in [0.15, 0.2) is 0 Å². The summed E-state index contributed by atoms with van der Waals surface area (Å²) in [6, 6.07) is 4.16. The van der Waals surface area contributed by atoms with Crippen LogP contribution in [0.5, 0.6) is 0 Å². The van der Waals surface area contributed by atoms with Crippen molar-refractivity contribution in [2.24, 2.45) is 5.73 Å². The van der Waals surface area contributed by atoms with E-state index in [9.17, 15) is 13.2 Å². The summed E-state index contributed by atoms with van der Waals surface area (Å²) in [5, 5.41) is 0. The Morgan fingerprint density at radius 1 is 1.43 bits per heavy atom. The lowest BCUT2D eigenvalue weighted by Crippen LogP contribution is -2.41. The molecule has 0 aliphatic rings. The van der Waals surface area contributed by atoms with E-state index in [4.69, 9.17) is 5.73 Å². The van der Waals surface area contributed by atoms with E-state index in [-0.39, 0.29) is 10.0 Å². The van der Waals surface area contributed by atoms with Crippen LogP contribution in [0.25, 0.3) is 0 Å². The molecule has 1 aromatic carbocycles. The van der Waals surface area contributed by atoms with E-state index < -0.39 is 17.8 Å². The third kappa shape index (κ3) is 1.93. The first-order valence-electron chi connectivity index (χ1n) is 3.89. The number of hydrogen-bond acceptors (Lipinski definition) is 1. The topological polar surface area (TPSA) is 26.0 Å². The fourth-order valence-electron chi connectivity index (χ4n) is 1.04. The molecule has 5 heteroatoms. The normalized spacial score (nSPS) is 15.6. The zero-order chi connectivity index (χ0) is 10.9. The molecule has 1 nitrogen and oxygen atoms in total. The van der Waals surface area contributed by atoms with E-state index in [0.29, 0.717) is 0 Å². The average molecular weight is 268 g/mol. The van der Waals surface area contributed by atoms with Crippen LogP contribution >= 0.6 is 15.9 Å². The highest BCUT2D eigenvalue weighted by molar-refractivity contribution is 9.10. The summed E-state index contributed by atoms with van der Waals surface area (Å²) in [5.74, 6) is -0.738. The second-order valence-corrected chi connectivity index (χ2v) is 4.04. The minimum Gasteiger partial charge on any atom is -0.317 e. The van der Waals surface area contributed by atoms with Crippen molar-refractivity contribution in [3.63, 3.8) is 0 Å². The lowest BCUT2D eigenvalue weighted by atomic mass is 9.93. The van der Waals surface area contributed by atoms with Gasteiger partial charge in [-0.25, -0.2) is 13.2 Å². The summed E-state index contributed by atoms with van der Waals surface area (Å²) >= 11 is 2.91. The van der Waals surface area contributed by atoms with Crippen LogP contribution in [-0.4, -0.2) is 6.43 Å². The van der Waals surface area contributed by atoms with Crippen molar-refractivity contribution in [2.45, 2.75) is 18.9 Å². The third-order valence-electron chi connectivity index (χ3n) is 1.99. The van der Waals surface area contributed by atoms with Crippen molar-refractivity contribution >= 4 is 15.9 Å². The fraction of sp³-hybridized carbons (Fsp3) is 0.333. The molecule has 0 spiro atoms. The molecule has 0 aliphatic heterocycles. The molecule has 1 aromatic rings. The van der Waals surface area contributed by atoms with Gasteiger partial charge in [-0.2, -0.15) is 0 Å². The van der Waals surface area contributed by atoms with Gasteiger partial charge in [0.05, 0.1) is 4.47 Å². The van der Waals surface area contributed by atoms with Crippen molar-refractivity contribution in [2.75, 3.05) is 0 Å². The van der Waals surface area contributed by atoms with Crippen LogP contribution in [0.4, 0.5) is 13.2 Å². The molecule has 0 aromatic heterocycles. The van der Waals surface area contributed by atoms with Crippen LogP contribution in [0.15, 0.2) is 22.7 Å². The molecule has 0 saturated carbocycles. The summed E-state index contributed by atoms with van der Waals surface area (Å²) in [7, 11) is 0. The third-order valence-corrected chi connectivity index (χ3v) is 2.60. The van der Waals surface area contributed by atoms with E-state index in [1.807, 2.05) is 0 Å². The Balaban J connectivity index is 3.26. The predicted molar refractivity (Wildman–Crippen MR) is 51.6 cm³/mol. The molecular formula is C9H9BrF3N. The van der Waals surface area contributed by atoms with E-state index in [1.54, 1.807) is 0 Å². The zero-order valence-corrected chi connectivity index (χ0v) is 8.98. The van der Waals surface area contributed by atoms with E-state index >= 15 is 0 Å². The Kier molecular flexibility index (Phi) is 3.21. The van der Waals surface area contributed by atoms with Gasteiger partial charge in [-0.05, 0) is 28.9 Å².